The maximum atomic E-state index is 15.1. The molecule has 9 nitrogen and oxygen atoms in total. The Kier molecular flexibility index (Phi) is 7.43. The van der Waals surface area contributed by atoms with Crippen molar-refractivity contribution in [2.45, 2.75) is 43.8 Å². The van der Waals surface area contributed by atoms with E-state index in [9.17, 15) is 41.1 Å². The first-order chi connectivity index (χ1) is 18.7. The van der Waals surface area contributed by atoms with Gasteiger partial charge in [0, 0.05) is 20.0 Å². The van der Waals surface area contributed by atoms with Gasteiger partial charge in [0.1, 0.15) is 35.9 Å². The number of benzene rings is 2. The lowest BCUT2D eigenvalue weighted by molar-refractivity contribution is -0.187. The largest absolute Gasteiger partial charge is 0.408 e. The van der Waals surface area contributed by atoms with Crippen LogP contribution in [0.15, 0.2) is 36.4 Å². The van der Waals surface area contributed by atoms with Gasteiger partial charge in [0.25, 0.3) is 5.91 Å². The van der Waals surface area contributed by atoms with Crippen molar-refractivity contribution >= 4 is 29.6 Å². The van der Waals surface area contributed by atoms with E-state index in [4.69, 9.17) is 0 Å². The van der Waals surface area contributed by atoms with Crippen LogP contribution in [0, 0.1) is 11.6 Å². The van der Waals surface area contributed by atoms with Gasteiger partial charge in [0.2, 0.25) is 5.91 Å². The number of hydrogen-bond donors (Lipinski definition) is 3. The average Bonchev–Trinajstić information content (AvgIpc) is 3.28. The van der Waals surface area contributed by atoms with Crippen LogP contribution in [0.2, 0.25) is 0 Å². The zero-order valence-corrected chi connectivity index (χ0v) is 21.0. The summed E-state index contributed by atoms with van der Waals surface area (Å²) < 4.78 is 83.9. The second-order valence-electron chi connectivity index (χ2n) is 9.39. The normalized spacial score (nSPS) is 20.8. The van der Waals surface area contributed by atoms with Crippen LogP contribution in [0.25, 0.3) is 0 Å². The van der Waals surface area contributed by atoms with Crippen LogP contribution in [-0.2, 0) is 21.7 Å². The molecule has 2 aromatic rings. The highest BCUT2D eigenvalue weighted by molar-refractivity contribution is 6.10. The first-order valence-corrected chi connectivity index (χ1v) is 11.9. The molecule has 15 heteroatoms. The highest BCUT2D eigenvalue weighted by Crippen LogP contribution is 2.49. The van der Waals surface area contributed by atoms with Gasteiger partial charge < -0.3 is 20.9 Å². The lowest BCUT2D eigenvalue weighted by atomic mass is 9.91. The first-order valence-electron chi connectivity index (χ1n) is 11.9. The van der Waals surface area contributed by atoms with E-state index in [0.29, 0.717) is 16.7 Å². The number of anilines is 1. The van der Waals surface area contributed by atoms with E-state index in [2.05, 4.69) is 16.0 Å². The summed E-state index contributed by atoms with van der Waals surface area (Å²) in [7, 11) is 1.27. The predicted molar refractivity (Wildman–Crippen MR) is 127 cm³/mol. The number of imide groups is 1. The van der Waals surface area contributed by atoms with Gasteiger partial charge in [-0.25, -0.2) is 22.8 Å². The number of fused-ring (bicyclic) bond motifs is 2. The highest BCUT2D eigenvalue weighted by Gasteiger charge is 2.59. The number of hydrogen-bond acceptors (Lipinski definition) is 4. The van der Waals surface area contributed by atoms with Gasteiger partial charge in [-0.2, -0.15) is 13.2 Å². The molecule has 0 unspecified atom stereocenters. The van der Waals surface area contributed by atoms with E-state index >= 15 is 4.39 Å². The van der Waals surface area contributed by atoms with Crippen molar-refractivity contribution in [3.63, 3.8) is 0 Å². The molecule has 0 aromatic heterocycles. The summed E-state index contributed by atoms with van der Waals surface area (Å²) >= 11 is 0. The Bertz CT molecular complexity index is 1370. The average molecular weight is 571 g/mol. The number of carbonyl (C=O) groups excluding carboxylic acids is 4. The van der Waals surface area contributed by atoms with Gasteiger partial charge in [-0.1, -0.05) is 12.1 Å². The van der Waals surface area contributed by atoms with Crippen LogP contribution in [0.1, 0.15) is 36.2 Å². The molecule has 2 aromatic carbocycles. The van der Waals surface area contributed by atoms with E-state index in [1.54, 1.807) is 0 Å². The summed E-state index contributed by atoms with van der Waals surface area (Å²) in [5.41, 5.74) is -2.80. The number of carbonyl (C=O) groups is 4. The van der Waals surface area contributed by atoms with Crippen LogP contribution >= 0.6 is 0 Å². The molecular formula is C25H23F6N5O4. The third-order valence-corrected chi connectivity index (χ3v) is 6.89. The number of amides is 6. The van der Waals surface area contributed by atoms with E-state index in [0.717, 1.165) is 24.3 Å². The second-order valence-corrected chi connectivity index (χ2v) is 9.39. The van der Waals surface area contributed by atoms with Crippen LogP contribution in [-0.4, -0.2) is 59.5 Å². The standard InChI is InChI=1S/C25H23F6N5O4/c1-12(25(29,30)31)35(10-13-3-5-14(26)6-4-13)20(37)11-36-21(38)24(34-23(36)40)9-18(28)15-7-19(33-22(39)32-2)17(27)8-16(15)24/h3-8,12,18H,9-11H2,1-2H3,(H,34,40)(H2,32,33,39)/t12-,18+,24-/m0/s1. The number of nitrogens with zero attached hydrogens (tertiary/aromatic N) is 2. The Balaban J connectivity index is 1.62. The van der Waals surface area contributed by atoms with Crippen LogP contribution in [0.5, 0.6) is 0 Å². The SMILES string of the molecule is CNC(=O)Nc1cc2c(cc1F)[C@]1(C[C@H]2F)NC(=O)N(CC(=O)N(Cc2ccc(F)cc2)[C@@H](C)C(F)(F)F)C1=O. The molecule has 3 N–H and O–H groups in total. The van der Waals surface area contributed by atoms with Gasteiger partial charge in [0.15, 0.2) is 0 Å². The van der Waals surface area contributed by atoms with Crippen LogP contribution in [0.4, 0.5) is 41.6 Å². The first kappa shape index (κ1) is 28.7. The number of nitrogens with one attached hydrogen (secondary N) is 3. The topological polar surface area (TPSA) is 111 Å². The van der Waals surface area contributed by atoms with Gasteiger partial charge >= 0.3 is 18.2 Å². The fourth-order valence-electron chi connectivity index (χ4n) is 4.71. The smallest absolute Gasteiger partial charge is 0.341 e. The van der Waals surface area contributed by atoms with Crippen molar-refractivity contribution in [3.8, 4) is 0 Å². The third kappa shape index (κ3) is 5.14. The number of urea groups is 2. The minimum atomic E-state index is -4.88. The highest BCUT2D eigenvalue weighted by atomic mass is 19.4. The Morgan fingerprint density at radius 2 is 1.82 bits per heavy atom. The molecule has 40 heavy (non-hydrogen) atoms. The maximum Gasteiger partial charge on any atom is 0.408 e. The molecule has 1 aliphatic carbocycles. The Morgan fingerprint density at radius 3 is 2.42 bits per heavy atom. The summed E-state index contributed by atoms with van der Waals surface area (Å²) in [6, 6.07) is 1.78. The Hall–Kier alpha value is -4.30. The summed E-state index contributed by atoms with van der Waals surface area (Å²) in [4.78, 5) is 51.6. The van der Waals surface area contributed by atoms with Crippen molar-refractivity contribution in [2.24, 2.45) is 0 Å². The summed E-state index contributed by atoms with van der Waals surface area (Å²) in [6.45, 7) is -1.03. The number of rotatable bonds is 6. The fraction of sp³-hybridized carbons (Fsp3) is 0.360. The van der Waals surface area contributed by atoms with Gasteiger partial charge in [-0.15, -0.1) is 0 Å². The maximum absolute atomic E-state index is 15.1. The van der Waals surface area contributed by atoms with E-state index in [-0.39, 0.29) is 22.4 Å². The van der Waals surface area contributed by atoms with Crippen molar-refractivity contribution in [2.75, 3.05) is 18.9 Å². The molecule has 1 fully saturated rings. The van der Waals surface area contributed by atoms with Gasteiger partial charge in [-0.3, -0.25) is 14.5 Å². The lowest BCUT2D eigenvalue weighted by Crippen LogP contribution is -2.51. The second kappa shape index (κ2) is 10.4. The quantitative estimate of drug-likeness (QED) is 0.361. The molecular weight excluding hydrogens is 548 g/mol. The zero-order valence-electron chi connectivity index (χ0n) is 21.0. The molecule has 1 spiro atoms. The van der Waals surface area contributed by atoms with Crippen molar-refractivity contribution in [3.05, 3.63) is 64.7 Å². The third-order valence-electron chi connectivity index (χ3n) is 6.89. The molecule has 1 heterocycles. The number of halogens is 6. The van der Waals surface area contributed by atoms with E-state index < -0.39 is 79.0 Å². The molecule has 6 amide bonds. The fourth-order valence-corrected chi connectivity index (χ4v) is 4.71. The van der Waals surface area contributed by atoms with Gasteiger partial charge in [0.05, 0.1) is 5.69 Å². The predicted octanol–water partition coefficient (Wildman–Crippen LogP) is 3.86. The molecule has 4 rings (SSSR count). The van der Waals surface area contributed by atoms with Crippen molar-refractivity contribution in [1.29, 1.82) is 0 Å². The van der Waals surface area contributed by atoms with E-state index in [1.165, 1.54) is 19.2 Å². The van der Waals surface area contributed by atoms with Gasteiger partial charge in [-0.05, 0) is 47.9 Å². The molecule has 0 saturated carbocycles. The molecule has 2 aliphatic rings. The Morgan fingerprint density at radius 1 is 1.18 bits per heavy atom. The van der Waals surface area contributed by atoms with Crippen molar-refractivity contribution < 1.29 is 45.5 Å². The van der Waals surface area contributed by atoms with Crippen molar-refractivity contribution in [1.82, 2.24) is 20.4 Å². The zero-order chi connectivity index (χ0) is 29.6. The summed E-state index contributed by atoms with van der Waals surface area (Å²) in [5.74, 6) is -4.11. The minimum absolute atomic E-state index is 0.154. The monoisotopic (exact) mass is 571 g/mol. The molecule has 3 atom stereocenters. The molecule has 214 valence electrons. The molecule has 1 saturated heterocycles. The summed E-state index contributed by atoms with van der Waals surface area (Å²) in [5, 5.41) is 6.63. The Labute approximate surface area is 223 Å². The summed E-state index contributed by atoms with van der Waals surface area (Å²) in [6.07, 6.45) is -7.43. The molecule has 0 bridgehead atoms. The minimum Gasteiger partial charge on any atom is -0.341 e. The van der Waals surface area contributed by atoms with E-state index in [1.807, 2.05) is 0 Å². The van der Waals surface area contributed by atoms with Crippen LogP contribution < -0.4 is 16.0 Å². The number of alkyl halides is 4. The van der Waals surface area contributed by atoms with Crippen LogP contribution in [0.3, 0.4) is 0 Å². The molecule has 1 aliphatic heterocycles. The molecule has 0 radical (unpaired) electrons. The lowest BCUT2D eigenvalue weighted by Gasteiger charge is -2.32.